The van der Waals surface area contributed by atoms with E-state index in [1.165, 1.54) is 23.8 Å². The summed E-state index contributed by atoms with van der Waals surface area (Å²) in [5, 5.41) is 13.8. The van der Waals surface area contributed by atoms with Crippen LogP contribution in [0, 0.1) is 17.0 Å². The number of aryl methyl sites for hydroxylation is 1. The number of ether oxygens (including phenoxy) is 1. The Labute approximate surface area is 168 Å². The number of rotatable bonds is 6. The van der Waals surface area contributed by atoms with Gasteiger partial charge in [0.15, 0.2) is 0 Å². The van der Waals surface area contributed by atoms with Crippen molar-refractivity contribution in [2.45, 2.75) is 13.0 Å². The van der Waals surface area contributed by atoms with Crippen LogP contribution in [-0.4, -0.2) is 48.6 Å². The zero-order valence-corrected chi connectivity index (χ0v) is 16.3. The Morgan fingerprint density at radius 3 is 2.54 bits per heavy atom. The molecule has 1 heterocycles. The Morgan fingerprint density at radius 2 is 1.93 bits per heavy atom. The lowest BCUT2D eigenvalue weighted by molar-refractivity contribution is -0.384. The number of hydrogen-bond donors (Lipinski definition) is 1. The Morgan fingerprint density at radius 1 is 1.25 bits per heavy atom. The van der Waals surface area contributed by atoms with Crippen LogP contribution in [0.1, 0.15) is 27.5 Å². The van der Waals surface area contributed by atoms with Crippen molar-refractivity contribution in [1.29, 1.82) is 0 Å². The third kappa shape index (κ3) is 4.86. The number of nitrogens with one attached hydrogen (secondary N) is 1. The van der Waals surface area contributed by atoms with Crippen LogP contribution in [0.15, 0.2) is 42.5 Å². The molecule has 0 radical (unpaired) electrons. The molecule has 1 N–H and O–H groups in total. The van der Waals surface area contributed by atoms with Crippen molar-refractivity contribution in [2.24, 2.45) is 0 Å². The van der Waals surface area contributed by atoms with Gasteiger partial charge in [-0.05, 0) is 18.6 Å². The van der Waals surface area contributed by atoms with Gasteiger partial charge in [0.25, 0.3) is 11.6 Å². The molecule has 0 spiro atoms. The smallest absolute Gasteiger partial charge is 0.270 e. The van der Waals surface area contributed by atoms with Crippen molar-refractivity contribution in [3.05, 3.63) is 74.3 Å². The summed E-state index contributed by atoms with van der Waals surface area (Å²) in [6.07, 6.45) is 0. The maximum Gasteiger partial charge on any atom is 0.270 e. The Kier molecular flexibility index (Phi) is 6.61. The summed E-state index contributed by atoms with van der Waals surface area (Å²) < 4.78 is 5.44. The molecule has 7 nitrogen and oxygen atoms in total. The largest absolute Gasteiger partial charge is 0.379 e. The van der Waals surface area contributed by atoms with Gasteiger partial charge in [-0.2, -0.15) is 0 Å². The Balaban J connectivity index is 1.74. The summed E-state index contributed by atoms with van der Waals surface area (Å²) in [6, 6.07) is 12.1. The zero-order chi connectivity index (χ0) is 20.1. The molecule has 0 aromatic heterocycles. The van der Waals surface area contributed by atoms with Crippen molar-refractivity contribution >= 4 is 23.2 Å². The molecule has 0 bridgehead atoms. The molecule has 1 fully saturated rings. The van der Waals surface area contributed by atoms with E-state index in [9.17, 15) is 14.9 Å². The summed E-state index contributed by atoms with van der Waals surface area (Å²) in [6.45, 7) is 5.31. The second-order valence-electron chi connectivity index (χ2n) is 6.71. The number of amides is 1. The normalized spacial score (nSPS) is 15.8. The van der Waals surface area contributed by atoms with E-state index in [0.717, 1.165) is 18.7 Å². The lowest BCUT2D eigenvalue weighted by Crippen LogP contribution is -2.43. The third-order valence-corrected chi connectivity index (χ3v) is 5.13. The standard InChI is InChI=1S/C20H22ClN3O4/c1-14-2-4-15(5-3-14)19(23-8-10-28-11-9-23)13-22-20(25)17-7-6-16(24(26)27)12-18(17)21/h2-7,12,19H,8-11,13H2,1H3,(H,22,25)/t19-/m1/s1. The summed E-state index contributed by atoms with van der Waals surface area (Å²) in [5.74, 6) is -0.356. The highest BCUT2D eigenvalue weighted by molar-refractivity contribution is 6.34. The molecule has 0 saturated carbocycles. The molecule has 3 rings (SSSR count). The minimum atomic E-state index is -0.542. The first kappa shape index (κ1) is 20.3. The number of halogens is 1. The van der Waals surface area contributed by atoms with Crippen molar-refractivity contribution in [2.75, 3.05) is 32.8 Å². The molecule has 0 aliphatic carbocycles. The number of nitrogens with zero attached hydrogens (tertiary/aromatic N) is 2. The first-order valence-corrected chi connectivity index (χ1v) is 9.44. The number of benzene rings is 2. The SMILES string of the molecule is Cc1ccc([C@@H](CNC(=O)c2ccc([N+](=O)[O-])cc2Cl)N2CCOCC2)cc1. The molecule has 1 saturated heterocycles. The second kappa shape index (κ2) is 9.14. The molecule has 1 aliphatic rings. The second-order valence-corrected chi connectivity index (χ2v) is 7.11. The maximum absolute atomic E-state index is 12.6. The van der Waals surface area contributed by atoms with Gasteiger partial charge in [-0.25, -0.2) is 0 Å². The Bertz CT molecular complexity index is 851. The number of morpholine rings is 1. The molecule has 1 atom stereocenters. The average molecular weight is 404 g/mol. The van der Waals surface area contributed by atoms with Crippen molar-refractivity contribution in [3.8, 4) is 0 Å². The number of carbonyl (C=O) groups is 1. The fourth-order valence-corrected chi connectivity index (χ4v) is 3.48. The monoisotopic (exact) mass is 403 g/mol. The molecular formula is C20H22ClN3O4. The molecule has 2 aromatic rings. The van der Waals surface area contributed by atoms with Crippen LogP contribution in [0.25, 0.3) is 0 Å². The number of nitro benzene ring substituents is 1. The number of non-ortho nitro benzene ring substituents is 1. The molecular weight excluding hydrogens is 382 g/mol. The highest BCUT2D eigenvalue weighted by Gasteiger charge is 2.24. The zero-order valence-electron chi connectivity index (χ0n) is 15.6. The van der Waals surface area contributed by atoms with Crippen LogP contribution in [0.3, 0.4) is 0 Å². The van der Waals surface area contributed by atoms with Crippen LogP contribution < -0.4 is 5.32 Å². The minimum Gasteiger partial charge on any atom is -0.379 e. The van der Waals surface area contributed by atoms with E-state index in [1.54, 1.807) is 0 Å². The molecule has 148 valence electrons. The number of hydrogen-bond acceptors (Lipinski definition) is 5. The summed E-state index contributed by atoms with van der Waals surface area (Å²) >= 11 is 6.07. The predicted molar refractivity (Wildman–Crippen MR) is 107 cm³/mol. The van der Waals surface area contributed by atoms with Crippen molar-refractivity contribution < 1.29 is 14.5 Å². The molecule has 8 heteroatoms. The van der Waals surface area contributed by atoms with E-state index in [-0.39, 0.29) is 28.2 Å². The first-order chi connectivity index (χ1) is 13.5. The van der Waals surface area contributed by atoms with Gasteiger partial charge in [-0.15, -0.1) is 0 Å². The minimum absolute atomic E-state index is 0.00488. The van der Waals surface area contributed by atoms with Crippen molar-refractivity contribution in [3.63, 3.8) is 0 Å². The van der Waals surface area contributed by atoms with Crippen LogP contribution in [-0.2, 0) is 4.74 Å². The number of carbonyl (C=O) groups excluding carboxylic acids is 1. The van der Waals surface area contributed by atoms with Gasteiger partial charge in [0.05, 0.1) is 34.8 Å². The van der Waals surface area contributed by atoms with Gasteiger partial charge in [-0.1, -0.05) is 41.4 Å². The van der Waals surface area contributed by atoms with E-state index < -0.39 is 4.92 Å². The first-order valence-electron chi connectivity index (χ1n) is 9.06. The van der Waals surface area contributed by atoms with Crippen LogP contribution in [0.5, 0.6) is 0 Å². The van der Waals surface area contributed by atoms with Gasteiger partial charge in [0.1, 0.15) is 0 Å². The van der Waals surface area contributed by atoms with E-state index in [4.69, 9.17) is 16.3 Å². The van der Waals surface area contributed by atoms with E-state index in [1.807, 2.05) is 6.92 Å². The van der Waals surface area contributed by atoms with E-state index in [0.29, 0.717) is 19.8 Å². The van der Waals surface area contributed by atoms with E-state index in [2.05, 4.69) is 34.5 Å². The van der Waals surface area contributed by atoms with Crippen LogP contribution >= 0.6 is 11.6 Å². The van der Waals surface area contributed by atoms with Gasteiger partial charge in [0, 0.05) is 31.8 Å². The quantitative estimate of drug-likeness (QED) is 0.590. The van der Waals surface area contributed by atoms with Gasteiger partial charge in [0.2, 0.25) is 0 Å². The predicted octanol–water partition coefficient (Wildman–Crippen LogP) is 3.36. The van der Waals surface area contributed by atoms with Crippen LogP contribution in [0.2, 0.25) is 5.02 Å². The van der Waals surface area contributed by atoms with Gasteiger partial charge in [-0.3, -0.25) is 19.8 Å². The van der Waals surface area contributed by atoms with Crippen LogP contribution in [0.4, 0.5) is 5.69 Å². The molecule has 0 unspecified atom stereocenters. The fraction of sp³-hybridized carbons (Fsp3) is 0.350. The molecule has 28 heavy (non-hydrogen) atoms. The lowest BCUT2D eigenvalue weighted by Gasteiger charge is -2.35. The third-order valence-electron chi connectivity index (χ3n) is 4.81. The summed E-state index contributed by atoms with van der Waals surface area (Å²) in [5.41, 5.74) is 2.36. The van der Waals surface area contributed by atoms with E-state index >= 15 is 0 Å². The fourth-order valence-electron chi connectivity index (χ4n) is 3.22. The number of nitro groups is 1. The highest BCUT2D eigenvalue weighted by Crippen LogP contribution is 2.24. The lowest BCUT2D eigenvalue weighted by atomic mass is 10.0. The molecule has 2 aromatic carbocycles. The highest BCUT2D eigenvalue weighted by atomic mass is 35.5. The summed E-state index contributed by atoms with van der Waals surface area (Å²) in [4.78, 5) is 25.2. The van der Waals surface area contributed by atoms with Crippen molar-refractivity contribution in [1.82, 2.24) is 10.2 Å². The maximum atomic E-state index is 12.6. The topological polar surface area (TPSA) is 84.7 Å². The van der Waals surface area contributed by atoms with Gasteiger partial charge >= 0.3 is 0 Å². The Hall–Kier alpha value is -2.48. The molecule has 1 amide bonds. The average Bonchev–Trinajstić information content (AvgIpc) is 2.70. The summed E-state index contributed by atoms with van der Waals surface area (Å²) in [7, 11) is 0. The van der Waals surface area contributed by atoms with Gasteiger partial charge < -0.3 is 10.1 Å². The molecule has 1 aliphatic heterocycles.